The number of pyridine rings is 1. The summed E-state index contributed by atoms with van der Waals surface area (Å²) < 4.78 is 5.83. The molecule has 0 radical (unpaired) electrons. The lowest BCUT2D eigenvalue weighted by atomic mass is 10.1. The number of hydrogen-bond acceptors (Lipinski definition) is 6. The van der Waals surface area contributed by atoms with Gasteiger partial charge in [-0.2, -0.15) is 0 Å². The standard InChI is InChI=1S/C21H29N5O/c1-16(2)27-19-5-4-17(6-8-22)20(15-19)24-18-7-9-23-21(14-18)26-12-10-25(3)11-13-26/h4-5,7-9,14-16,22H,6,10-13H2,1-3H3,(H,23,24). The van der Waals surface area contributed by atoms with Crippen molar-refractivity contribution in [1.82, 2.24) is 9.88 Å². The number of benzene rings is 1. The van der Waals surface area contributed by atoms with Crippen molar-refractivity contribution < 1.29 is 4.74 Å². The highest BCUT2D eigenvalue weighted by Crippen LogP contribution is 2.28. The highest BCUT2D eigenvalue weighted by atomic mass is 16.5. The number of nitrogens with one attached hydrogen (secondary N) is 2. The van der Waals surface area contributed by atoms with Crippen LogP contribution in [0.3, 0.4) is 0 Å². The van der Waals surface area contributed by atoms with Gasteiger partial charge in [-0.15, -0.1) is 0 Å². The van der Waals surface area contributed by atoms with Crippen molar-refractivity contribution in [3.63, 3.8) is 0 Å². The zero-order valence-corrected chi connectivity index (χ0v) is 16.4. The summed E-state index contributed by atoms with van der Waals surface area (Å²) in [6.07, 6.45) is 3.98. The maximum absolute atomic E-state index is 7.46. The van der Waals surface area contributed by atoms with Crippen LogP contribution in [0.1, 0.15) is 19.4 Å². The smallest absolute Gasteiger partial charge is 0.130 e. The fraction of sp³-hybridized carbons (Fsp3) is 0.429. The average molecular weight is 367 g/mol. The van der Waals surface area contributed by atoms with Crippen LogP contribution in [0.2, 0.25) is 0 Å². The molecule has 1 saturated heterocycles. The van der Waals surface area contributed by atoms with Crippen LogP contribution in [0.4, 0.5) is 17.2 Å². The second-order valence-electron chi connectivity index (χ2n) is 7.21. The van der Waals surface area contributed by atoms with Crippen LogP contribution in [0.15, 0.2) is 36.5 Å². The highest BCUT2D eigenvalue weighted by molar-refractivity contribution is 5.71. The van der Waals surface area contributed by atoms with E-state index in [1.165, 1.54) is 6.21 Å². The van der Waals surface area contributed by atoms with Crippen molar-refractivity contribution in [3.05, 3.63) is 42.1 Å². The van der Waals surface area contributed by atoms with Gasteiger partial charge in [0.05, 0.1) is 6.10 Å². The van der Waals surface area contributed by atoms with Crippen molar-refractivity contribution >= 4 is 23.4 Å². The van der Waals surface area contributed by atoms with Crippen molar-refractivity contribution in [2.24, 2.45) is 0 Å². The van der Waals surface area contributed by atoms with Gasteiger partial charge >= 0.3 is 0 Å². The first-order valence-corrected chi connectivity index (χ1v) is 9.50. The third kappa shape index (κ3) is 5.20. The first-order chi connectivity index (χ1) is 13.0. The number of piperazine rings is 1. The van der Waals surface area contributed by atoms with Crippen LogP contribution in [0, 0.1) is 5.41 Å². The third-order valence-corrected chi connectivity index (χ3v) is 4.63. The summed E-state index contributed by atoms with van der Waals surface area (Å²) >= 11 is 0. The quantitative estimate of drug-likeness (QED) is 0.733. The number of likely N-dealkylation sites (N-methyl/N-ethyl adjacent to an activating group) is 1. The Labute approximate surface area is 161 Å². The first kappa shape index (κ1) is 19.2. The van der Waals surface area contributed by atoms with Crippen molar-refractivity contribution in [2.45, 2.75) is 26.4 Å². The molecule has 6 nitrogen and oxygen atoms in total. The normalized spacial score (nSPS) is 15.0. The van der Waals surface area contributed by atoms with Gasteiger partial charge in [-0.3, -0.25) is 0 Å². The Balaban J connectivity index is 1.81. The second-order valence-corrected chi connectivity index (χ2v) is 7.21. The number of aromatic nitrogens is 1. The molecule has 27 heavy (non-hydrogen) atoms. The van der Waals surface area contributed by atoms with Crippen LogP contribution in [0.25, 0.3) is 0 Å². The molecule has 144 valence electrons. The summed E-state index contributed by atoms with van der Waals surface area (Å²) in [6, 6.07) is 10.1. The molecule has 3 rings (SSSR count). The van der Waals surface area contributed by atoms with Gasteiger partial charge in [-0.05, 0) is 44.8 Å². The van der Waals surface area contributed by atoms with Gasteiger partial charge in [0.15, 0.2) is 0 Å². The van der Waals surface area contributed by atoms with E-state index in [0.717, 1.165) is 54.7 Å². The predicted molar refractivity (Wildman–Crippen MR) is 112 cm³/mol. The summed E-state index contributed by atoms with van der Waals surface area (Å²) in [5, 5.41) is 11.0. The zero-order chi connectivity index (χ0) is 19.2. The maximum Gasteiger partial charge on any atom is 0.130 e. The summed E-state index contributed by atoms with van der Waals surface area (Å²) in [5.74, 6) is 1.82. The van der Waals surface area contributed by atoms with Crippen LogP contribution in [-0.2, 0) is 6.42 Å². The summed E-state index contributed by atoms with van der Waals surface area (Å²) in [5.41, 5.74) is 3.03. The van der Waals surface area contributed by atoms with E-state index in [4.69, 9.17) is 10.1 Å². The minimum Gasteiger partial charge on any atom is -0.491 e. The summed E-state index contributed by atoms with van der Waals surface area (Å²) in [4.78, 5) is 9.21. The first-order valence-electron chi connectivity index (χ1n) is 9.50. The van der Waals surface area contributed by atoms with Crippen molar-refractivity contribution in [3.8, 4) is 5.75 Å². The molecule has 0 spiro atoms. The van der Waals surface area contributed by atoms with E-state index in [2.05, 4.69) is 33.2 Å². The minimum absolute atomic E-state index is 0.121. The molecular weight excluding hydrogens is 338 g/mol. The fourth-order valence-electron chi connectivity index (χ4n) is 3.17. The van der Waals surface area contributed by atoms with Crippen molar-refractivity contribution in [1.29, 1.82) is 5.41 Å². The lowest BCUT2D eigenvalue weighted by molar-refractivity contribution is 0.242. The number of anilines is 3. The lowest BCUT2D eigenvalue weighted by Crippen LogP contribution is -2.44. The van der Waals surface area contributed by atoms with E-state index in [1.54, 1.807) is 0 Å². The Morgan fingerprint density at radius 1 is 1.19 bits per heavy atom. The molecule has 1 aromatic heterocycles. The van der Waals surface area contributed by atoms with E-state index in [9.17, 15) is 0 Å². The number of ether oxygens (including phenoxy) is 1. The fourth-order valence-corrected chi connectivity index (χ4v) is 3.17. The van der Waals surface area contributed by atoms with Gasteiger partial charge < -0.3 is 25.3 Å². The van der Waals surface area contributed by atoms with E-state index < -0.39 is 0 Å². The molecule has 2 N–H and O–H groups in total. The molecule has 0 bridgehead atoms. The van der Waals surface area contributed by atoms with E-state index in [-0.39, 0.29) is 6.10 Å². The Morgan fingerprint density at radius 3 is 2.67 bits per heavy atom. The molecule has 2 heterocycles. The third-order valence-electron chi connectivity index (χ3n) is 4.63. The molecule has 1 aliphatic rings. The monoisotopic (exact) mass is 367 g/mol. The van der Waals surface area contributed by atoms with Gasteiger partial charge in [-0.1, -0.05) is 6.07 Å². The van der Waals surface area contributed by atoms with E-state index in [0.29, 0.717) is 6.42 Å². The minimum atomic E-state index is 0.121. The van der Waals surface area contributed by atoms with Crippen LogP contribution in [0.5, 0.6) is 5.75 Å². The molecule has 2 aromatic rings. The molecule has 0 amide bonds. The van der Waals surface area contributed by atoms with Gasteiger partial charge in [0.2, 0.25) is 0 Å². The molecule has 0 saturated carbocycles. The summed E-state index contributed by atoms with van der Waals surface area (Å²) in [7, 11) is 2.15. The maximum atomic E-state index is 7.46. The second kappa shape index (κ2) is 8.86. The Morgan fingerprint density at radius 2 is 1.96 bits per heavy atom. The molecular formula is C21H29N5O. The highest BCUT2D eigenvalue weighted by Gasteiger charge is 2.15. The molecule has 1 aliphatic heterocycles. The topological polar surface area (TPSA) is 64.5 Å². The van der Waals surface area contributed by atoms with Crippen LogP contribution in [-0.4, -0.2) is 55.4 Å². The van der Waals surface area contributed by atoms with Crippen LogP contribution >= 0.6 is 0 Å². The Kier molecular flexibility index (Phi) is 6.29. The predicted octanol–water partition coefficient (Wildman–Crippen LogP) is 3.56. The zero-order valence-electron chi connectivity index (χ0n) is 16.4. The molecule has 1 aromatic carbocycles. The van der Waals surface area contributed by atoms with Gasteiger partial charge in [-0.25, -0.2) is 4.98 Å². The number of nitrogens with zero attached hydrogens (tertiary/aromatic N) is 3. The average Bonchev–Trinajstić information content (AvgIpc) is 2.64. The summed E-state index contributed by atoms with van der Waals surface area (Å²) in [6.45, 7) is 8.12. The van der Waals surface area contributed by atoms with Crippen LogP contribution < -0.4 is 15.0 Å². The largest absolute Gasteiger partial charge is 0.491 e. The Hall–Kier alpha value is -2.60. The van der Waals surface area contributed by atoms with Gasteiger partial charge in [0.25, 0.3) is 0 Å². The molecule has 0 aliphatic carbocycles. The molecule has 0 atom stereocenters. The molecule has 6 heteroatoms. The van der Waals surface area contributed by atoms with Gasteiger partial charge in [0, 0.05) is 62.3 Å². The lowest BCUT2D eigenvalue weighted by Gasteiger charge is -2.33. The van der Waals surface area contributed by atoms with E-state index >= 15 is 0 Å². The Bertz CT molecular complexity index is 769. The van der Waals surface area contributed by atoms with Gasteiger partial charge in [0.1, 0.15) is 11.6 Å². The number of rotatable bonds is 7. The SMILES string of the molecule is CC(C)Oc1ccc(CC=N)c(Nc2ccnc(N3CCN(C)CC3)c2)c1. The van der Waals surface area contributed by atoms with Crippen molar-refractivity contribution in [2.75, 3.05) is 43.4 Å². The number of hydrogen-bond donors (Lipinski definition) is 2. The van der Waals surface area contributed by atoms with E-state index in [1.807, 2.05) is 44.3 Å². The molecule has 0 unspecified atom stereocenters. The molecule has 1 fully saturated rings.